The molecule has 1 amide bonds. The van der Waals surface area contributed by atoms with Crippen LogP contribution in [0.25, 0.3) is 0 Å². The van der Waals surface area contributed by atoms with Gasteiger partial charge in [0.1, 0.15) is 11.6 Å². The molecule has 4 nitrogen and oxygen atoms in total. The molecule has 2 atom stereocenters. The quantitative estimate of drug-likeness (QED) is 0.899. The van der Waals surface area contributed by atoms with Crippen molar-refractivity contribution in [2.45, 2.75) is 19.9 Å². The van der Waals surface area contributed by atoms with E-state index >= 15 is 0 Å². The van der Waals surface area contributed by atoms with Crippen LogP contribution in [0.2, 0.25) is 0 Å². The molecular formula is C14H15F2NO3. The topological polar surface area (TPSA) is 57.6 Å². The number of carbonyl (C=O) groups is 2. The summed E-state index contributed by atoms with van der Waals surface area (Å²) in [6, 6.07) is 3.52. The van der Waals surface area contributed by atoms with E-state index in [1.165, 1.54) is 11.0 Å². The fraction of sp³-hybridized carbons (Fsp3) is 0.429. The third-order valence-corrected chi connectivity index (χ3v) is 3.53. The zero-order chi connectivity index (χ0) is 14.9. The first-order valence-corrected chi connectivity index (χ1v) is 6.40. The van der Waals surface area contributed by atoms with E-state index in [4.69, 9.17) is 5.11 Å². The van der Waals surface area contributed by atoms with E-state index in [1.54, 1.807) is 6.92 Å². The number of nitrogens with zero attached hydrogens (tertiary/aromatic N) is 1. The summed E-state index contributed by atoms with van der Waals surface area (Å²) in [7, 11) is 0. The van der Waals surface area contributed by atoms with Crippen LogP contribution in [0.4, 0.5) is 8.78 Å². The molecule has 0 spiro atoms. The molecule has 1 saturated carbocycles. The van der Waals surface area contributed by atoms with Gasteiger partial charge in [0.05, 0.1) is 18.4 Å². The Kier molecular flexibility index (Phi) is 4.01. The molecule has 0 saturated heterocycles. The predicted molar refractivity (Wildman–Crippen MR) is 66.7 cm³/mol. The molecule has 0 aliphatic heterocycles. The van der Waals surface area contributed by atoms with Crippen LogP contribution in [0.15, 0.2) is 18.2 Å². The maximum Gasteiger partial charge on any atom is 0.307 e. The molecule has 1 aromatic rings. The number of halogens is 2. The third-order valence-electron chi connectivity index (χ3n) is 3.53. The van der Waals surface area contributed by atoms with Crippen molar-refractivity contribution >= 4 is 11.9 Å². The SMILES string of the molecule is CCN(Cc1c(F)cccc1F)C(=O)[C@@H]1C[C@H]1C(=O)O. The van der Waals surface area contributed by atoms with Gasteiger partial charge >= 0.3 is 5.97 Å². The first kappa shape index (κ1) is 14.4. The van der Waals surface area contributed by atoms with E-state index in [1.807, 2.05) is 0 Å². The van der Waals surface area contributed by atoms with Crippen molar-refractivity contribution in [2.24, 2.45) is 11.8 Å². The van der Waals surface area contributed by atoms with E-state index in [0.717, 1.165) is 12.1 Å². The normalized spacial score (nSPS) is 20.6. The Balaban J connectivity index is 2.10. The number of aliphatic carboxylic acids is 1. The number of carboxylic acids is 1. The van der Waals surface area contributed by atoms with Crippen LogP contribution in [0.5, 0.6) is 0 Å². The first-order chi connectivity index (χ1) is 9.45. The Morgan fingerprint density at radius 1 is 1.30 bits per heavy atom. The van der Waals surface area contributed by atoms with Crippen LogP contribution in [-0.4, -0.2) is 28.4 Å². The lowest BCUT2D eigenvalue weighted by Crippen LogP contribution is -2.33. The maximum absolute atomic E-state index is 13.6. The Morgan fingerprint density at radius 2 is 1.90 bits per heavy atom. The number of carboxylic acid groups (broad SMARTS) is 1. The lowest BCUT2D eigenvalue weighted by molar-refractivity contribution is -0.142. The zero-order valence-corrected chi connectivity index (χ0v) is 11.0. The van der Waals surface area contributed by atoms with Gasteiger partial charge in [-0.15, -0.1) is 0 Å². The van der Waals surface area contributed by atoms with Gasteiger partial charge in [-0.25, -0.2) is 8.78 Å². The van der Waals surface area contributed by atoms with Crippen molar-refractivity contribution in [3.8, 4) is 0 Å². The molecule has 1 aliphatic carbocycles. The zero-order valence-electron chi connectivity index (χ0n) is 11.0. The van der Waals surface area contributed by atoms with Crippen molar-refractivity contribution in [1.29, 1.82) is 0 Å². The molecule has 6 heteroatoms. The monoisotopic (exact) mass is 283 g/mol. The minimum atomic E-state index is -1.00. The van der Waals surface area contributed by atoms with Crippen LogP contribution >= 0.6 is 0 Å². The summed E-state index contributed by atoms with van der Waals surface area (Å²) in [5.41, 5.74) is -0.171. The van der Waals surface area contributed by atoms with Gasteiger partial charge in [0, 0.05) is 12.1 Å². The molecule has 0 heterocycles. The van der Waals surface area contributed by atoms with Crippen LogP contribution in [0, 0.1) is 23.5 Å². The highest BCUT2D eigenvalue weighted by molar-refractivity contribution is 5.89. The second-order valence-corrected chi connectivity index (χ2v) is 4.84. The smallest absolute Gasteiger partial charge is 0.307 e. The summed E-state index contributed by atoms with van der Waals surface area (Å²) in [5, 5.41) is 8.81. The first-order valence-electron chi connectivity index (χ1n) is 6.40. The summed E-state index contributed by atoms with van der Waals surface area (Å²) in [5.74, 6) is -4.01. The molecule has 20 heavy (non-hydrogen) atoms. The highest BCUT2D eigenvalue weighted by atomic mass is 19.1. The Hall–Kier alpha value is -1.98. The molecule has 1 aliphatic rings. The van der Waals surface area contributed by atoms with Gasteiger partial charge in [-0.2, -0.15) is 0 Å². The fourth-order valence-corrected chi connectivity index (χ4v) is 2.20. The minimum absolute atomic E-state index is 0.171. The molecule has 1 N–H and O–H groups in total. The van der Waals surface area contributed by atoms with Crippen LogP contribution < -0.4 is 0 Å². The minimum Gasteiger partial charge on any atom is -0.481 e. The molecule has 1 fully saturated rings. The summed E-state index contributed by atoms with van der Waals surface area (Å²) < 4.78 is 27.1. The third kappa shape index (κ3) is 2.79. The lowest BCUT2D eigenvalue weighted by Gasteiger charge is -2.21. The molecular weight excluding hydrogens is 268 g/mol. The Morgan fingerprint density at radius 3 is 2.35 bits per heavy atom. The van der Waals surface area contributed by atoms with E-state index in [9.17, 15) is 18.4 Å². The van der Waals surface area contributed by atoms with Gasteiger partial charge in [0.25, 0.3) is 0 Å². The van der Waals surface area contributed by atoms with Crippen molar-refractivity contribution < 1.29 is 23.5 Å². The number of rotatable bonds is 5. The molecule has 108 valence electrons. The number of hydrogen-bond acceptors (Lipinski definition) is 2. The number of benzene rings is 1. The Bertz CT molecular complexity index is 527. The average molecular weight is 283 g/mol. The van der Waals surface area contributed by atoms with Crippen LogP contribution in [0.1, 0.15) is 18.9 Å². The molecule has 2 rings (SSSR count). The second-order valence-electron chi connectivity index (χ2n) is 4.84. The van der Waals surface area contributed by atoms with Crippen molar-refractivity contribution in [1.82, 2.24) is 4.90 Å². The molecule has 0 unspecified atom stereocenters. The van der Waals surface area contributed by atoms with Crippen molar-refractivity contribution in [2.75, 3.05) is 6.54 Å². The highest BCUT2D eigenvalue weighted by Gasteiger charge is 2.49. The summed E-state index contributed by atoms with van der Waals surface area (Å²) in [6.07, 6.45) is 0.296. The van der Waals surface area contributed by atoms with Gasteiger partial charge in [-0.3, -0.25) is 9.59 Å². The predicted octanol–water partition coefficient (Wildman–Crippen LogP) is 2.03. The standard InChI is InChI=1S/C14H15F2NO3/c1-2-17(13(18)8-6-9(8)14(19)20)7-10-11(15)4-3-5-12(10)16/h3-5,8-9H,2,6-7H2,1H3,(H,19,20)/t8-,9-/m1/s1. The lowest BCUT2D eigenvalue weighted by atomic mass is 10.1. The second kappa shape index (κ2) is 5.56. The highest BCUT2D eigenvalue weighted by Crippen LogP contribution is 2.40. The van der Waals surface area contributed by atoms with Crippen LogP contribution in [0.3, 0.4) is 0 Å². The van der Waals surface area contributed by atoms with Gasteiger partial charge in [0.15, 0.2) is 0 Å². The maximum atomic E-state index is 13.6. The van der Waals surface area contributed by atoms with E-state index in [0.29, 0.717) is 6.42 Å². The molecule has 1 aromatic carbocycles. The number of hydrogen-bond donors (Lipinski definition) is 1. The summed E-state index contributed by atoms with van der Waals surface area (Å²) in [6.45, 7) is 1.78. The Labute approximate surface area is 115 Å². The summed E-state index contributed by atoms with van der Waals surface area (Å²) >= 11 is 0. The van der Waals surface area contributed by atoms with Crippen molar-refractivity contribution in [3.63, 3.8) is 0 Å². The van der Waals surface area contributed by atoms with E-state index in [-0.39, 0.29) is 24.6 Å². The van der Waals surface area contributed by atoms with Crippen LogP contribution in [-0.2, 0) is 16.1 Å². The molecule has 0 bridgehead atoms. The van der Waals surface area contributed by atoms with Gasteiger partial charge in [-0.05, 0) is 25.5 Å². The molecule has 0 aromatic heterocycles. The number of carbonyl (C=O) groups excluding carboxylic acids is 1. The van der Waals surface area contributed by atoms with Crippen molar-refractivity contribution in [3.05, 3.63) is 35.4 Å². The van der Waals surface area contributed by atoms with E-state index < -0.39 is 29.4 Å². The summed E-state index contributed by atoms with van der Waals surface area (Å²) in [4.78, 5) is 24.1. The van der Waals surface area contributed by atoms with Gasteiger partial charge < -0.3 is 10.0 Å². The van der Waals surface area contributed by atoms with E-state index in [2.05, 4.69) is 0 Å². The molecule has 0 radical (unpaired) electrons. The van der Waals surface area contributed by atoms with Gasteiger partial charge in [0.2, 0.25) is 5.91 Å². The van der Waals surface area contributed by atoms with Gasteiger partial charge in [-0.1, -0.05) is 6.07 Å². The average Bonchev–Trinajstić information content (AvgIpc) is 3.18. The fourth-order valence-electron chi connectivity index (χ4n) is 2.20. The number of amides is 1. The largest absolute Gasteiger partial charge is 0.481 e.